The molecule has 1 saturated carbocycles. The molecule has 3 heteroatoms. The number of carboxylic acid groups (broad SMARTS) is 1. The van der Waals surface area contributed by atoms with Crippen LogP contribution < -0.4 is 0 Å². The normalized spacial score (nSPS) is 17.8. The third-order valence-corrected chi connectivity index (χ3v) is 2.58. The van der Waals surface area contributed by atoms with E-state index in [0.29, 0.717) is 5.56 Å². The Balaban J connectivity index is 2.34. The smallest absolute Gasteiger partial charge is 0.336 e. The molecule has 1 fully saturated rings. The maximum absolute atomic E-state index is 10.9. The minimum atomic E-state index is -0.972. The van der Waals surface area contributed by atoms with E-state index in [2.05, 4.69) is 0 Å². The van der Waals surface area contributed by atoms with Gasteiger partial charge in [0.05, 0.1) is 11.7 Å². The van der Waals surface area contributed by atoms with Gasteiger partial charge in [0.2, 0.25) is 0 Å². The lowest BCUT2D eigenvalue weighted by Gasteiger charge is -2.11. The highest BCUT2D eigenvalue weighted by Gasteiger charge is 2.32. The van der Waals surface area contributed by atoms with E-state index in [4.69, 9.17) is 5.11 Å². The van der Waals surface area contributed by atoms with Gasteiger partial charge in [-0.25, -0.2) is 4.79 Å². The molecular weight excluding hydrogens is 180 g/mol. The molecule has 1 aliphatic rings. The summed E-state index contributed by atoms with van der Waals surface area (Å²) in [5.74, 6) is -0.712. The lowest BCUT2D eigenvalue weighted by atomic mass is 9.99. The first-order chi connectivity index (χ1) is 6.70. The van der Waals surface area contributed by atoms with Gasteiger partial charge in [0.1, 0.15) is 0 Å². The summed E-state index contributed by atoms with van der Waals surface area (Å²) >= 11 is 0. The van der Waals surface area contributed by atoms with Gasteiger partial charge >= 0.3 is 5.97 Å². The molecule has 1 aromatic rings. The number of rotatable bonds is 3. The van der Waals surface area contributed by atoms with E-state index in [1.807, 2.05) is 0 Å². The third kappa shape index (κ3) is 1.63. The van der Waals surface area contributed by atoms with Crippen LogP contribution in [0.3, 0.4) is 0 Å². The molecule has 1 aromatic carbocycles. The molecule has 0 amide bonds. The van der Waals surface area contributed by atoms with Gasteiger partial charge in [-0.05, 0) is 30.4 Å². The molecule has 0 radical (unpaired) electrons. The molecule has 14 heavy (non-hydrogen) atoms. The molecule has 1 aliphatic carbocycles. The van der Waals surface area contributed by atoms with E-state index >= 15 is 0 Å². The predicted octanol–water partition coefficient (Wildman–Crippen LogP) is 1.83. The fraction of sp³-hybridized carbons (Fsp3) is 0.364. The van der Waals surface area contributed by atoms with Gasteiger partial charge in [0.25, 0.3) is 0 Å². The maximum Gasteiger partial charge on any atom is 0.336 e. The molecular formula is C11H12O3. The summed E-state index contributed by atoms with van der Waals surface area (Å²) in [5.41, 5.74) is 0.759. The largest absolute Gasteiger partial charge is 0.478 e. The minimum Gasteiger partial charge on any atom is -0.478 e. The van der Waals surface area contributed by atoms with Crippen LogP contribution in [-0.4, -0.2) is 16.2 Å². The van der Waals surface area contributed by atoms with Gasteiger partial charge in [-0.3, -0.25) is 0 Å². The Labute approximate surface area is 82.0 Å². The summed E-state index contributed by atoms with van der Waals surface area (Å²) in [7, 11) is 0. The molecule has 0 bridgehead atoms. The van der Waals surface area contributed by atoms with Gasteiger partial charge in [-0.15, -0.1) is 0 Å². The first-order valence-corrected chi connectivity index (χ1v) is 4.70. The zero-order valence-electron chi connectivity index (χ0n) is 7.68. The quantitative estimate of drug-likeness (QED) is 0.768. The average Bonchev–Trinajstić information content (AvgIpc) is 3.00. The molecule has 0 aliphatic heterocycles. The van der Waals surface area contributed by atoms with Crippen LogP contribution in [0, 0.1) is 5.92 Å². The van der Waals surface area contributed by atoms with Crippen molar-refractivity contribution in [1.29, 1.82) is 0 Å². The van der Waals surface area contributed by atoms with E-state index in [0.717, 1.165) is 12.8 Å². The summed E-state index contributed by atoms with van der Waals surface area (Å²) in [6, 6.07) is 6.65. The second-order valence-corrected chi connectivity index (χ2v) is 3.67. The van der Waals surface area contributed by atoms with Gasteiger partial charge < -0.3 is 10.2 Å². The molecule has 1 atom stereocenters. The molecule has 0 saturated heterocycles. The Kier molecular flexibility index (Phi) is 2.25. The number of aliphatic hydroxyl groups excluding tert-OH is 1. The lowest BCUT2D eigenvalue weighted by molar-refractivity contribution is 0.0686. The van der Waals surface area contributed by atoms with Crippen molar-refractivity contribution in [1.82, 2.24) is 0 Å². The Morgan fingerprint density at radius 1 is 1.36 bits per heavy atom. The lowest BCUT2D eigenvalue weighted by Crippen LogP contribution is -2.08. The summed E-state index contributed by atoms with van der Waals surface area (Å²) in [6.45, 7) is 0. The Morgan fingerprint density at radius 2 is 2.00 bits per heavy atom. The number of aliphatic hydroxyl groups is 1. The van der Waals surface area contributed by atoms with Crippen LogP contribution in [0.4, 0.5) is 0 Å². The van der Waals surface area contributed by atoms with Crippen molar-refractivity contribution >= 4 is 5.97 Å². The molecule has 2 N–H and O–H groups in total. The topological polar surface area (TPSA) is 57.5 Å². The molecule has 74 valence electrons. The van der Waals surface area contributed by atoms with Crippen molar-refractivity contribution in [2.75, 3.05) is 0 Å². The van der Waals surface area contributed by atoms with Crippen molar-refractivity contribution in [2.45, 2.75) is 18.9 Å². The zero-order valence-corrected chi connectivity index (χ0v) is 7.68. The number of hydrogen-bond donors (Lipinski definition) is 2. The van der Waals surface area contributed by atoms with Gasteiger partial charge in [-0.1, -0.05) is 18.2 Å². The van der Waals surface area contributed by atoms with Crippen LogP contribution in [0.15, 0.2) is 24.3 Å². The van der Waals surface area contributed by atoms with Gasteiger partial charge in [0.15, 0.2) is 0 Å². The molecule has 1 unspecified atom stereocenters. The number of benzene rings is 1. The molecule has 3 nitrogen and oxygen atoms in total. The van der Waals surface area contributed by atoms with Crippen molar-refractivity contribution in [2.24, 2.45) is 5.92 Å². The summed E-state index contributed by atoms with van der Waals surface area (Å²) in [5, 5.41) is 18.7. The van der Waals surface area contributed by atoms with Gasteiger partial charge in [-0.2, -0.15) is 0 Å². The molecule has 0 spiro atoms. The predicted molar refractivity (Wildman–Crippen MR) is 51.1 cm³/mol. The fourth-order valence-corrected chi connectivity index (χ4v) is 1.62. The van der Waals surface area contributed by atoms with E-state index in [1.165, 1.54) is 6.07 Å². The Bertz CT molecular complexity index is 355. The van der Waals surface area contributed by atoms with E-state index in [-0.39, 0.29) is 11.5 Å². The molecule has 0 aromatic heterocycles. The monoisotopic (exact) mass is 192 g/mol. The SMILES string of the molecule is O=C(O)c1ccccc1C(O)C1CC1. The standard InChI is InChI=1S/C11H12O3/c12-10(7-5-6-7)8-3-1-2-4-9(8)11(13)14/h1-4,7,10,12H,5-6H2,(H,13,14). The van der Waals surface area contributed by atoms with Crippen LogP contribution >= 0.6 is 0 Å². The first kappa shape index (κ1) is 9.21. The van der Waals surface area contributed by atoms with Crippen LogP contribution in [-0.2, 0) is 0 Å². The van der Waals surface area contributed by atoms with E-state index in [9.17, 15) is 9.90 Å². The minimum absolute atomic E-state index is 0.215. The zero-order chi connectivity index (χ0) is 10.1. The Hall–Kier alpha value is -1.35. The highest BCUT2D eigenvalue weighted by molar-refractivity contribution is 5.89. The average molecular weight is 192 g/mol. The number of carboxylic acids is 1. The third-order valence-electron chi connectivity index (χ3n) is 2.58. The summed E-state index contributed by atoms with van der Waals surface area (Å²) in [4.78, 5) is 10.9. The Morgan fingerprint density at radius 3 is 2.57 bits per heavy atom. The molecule has 0 heterocycles. The number of aromatic carboxylic acids is 1. The van der Waals surface area contributed by atoms with E-state index < -0.39 is 12.1 Å². The van der Waals surface area contributed by atoms with Crippen molar-refractivity contribution < 1.29 is 15.0 Å². The fourth-order valence-electron chi connectivity index (χ4n) is 1.62. The van der Waals surface area contributed by atoms with Crippen LogP contribution in [0.5, 0.6) is 0 Å². The first-order valence-electron chi connectivity index (χ1n) is 4.70. The summed E-state index contributed by atoms with van der Waals surface area (Å²) in [6.07, 6.45) is 1.38. The molecule has 2 rings (SSSR count). The van der Waals surface area contributed by atoms with Crippen molar-refractivity contribution in [3.8, 4) is 0 Å². The van der Waals surface area contributed by atoms with Crippen LogP contribution in [0.1, 0.15) is 34.9 Å². The van der Waals surface area contributed by atoms with Crippen molar-refractivity contribution in [3.63, 3.8) is 0 Å². The van der Waals surface area contributed by atoms with E-state index in [1.54, 1.807) is 18.2 Å². The number of carbonyl (C=O) groups is 1. The highest BCUT2D eigenvalue weighted by Crippen LogP contribution is 2.41. The maximum atomic E-state index is 10.9. The number of hydrogen-bond acceptors (Lipinski definition) is 2. The van der Waals surface area contributed by atoms with Gasteiger partial charge in [0, 0.05) is 0 Å². The highest BCUT2D eigenvalue weighted by atomic mass is 16.4. The second-order valence-electron chi connectivity index (χ2n) is 3.67. The summed E-state index contributed by atoms with van der Waals surface area (Å²) < 4.78 is 0. The van der Waals surface area contributed by atoms with Crippen molar-refractivity contribution in [3.05, 3.63) is 35.4 Å². The van der Waals surface area contributed by atoms with Crippen LogP contribution in [0.25, 0.3) is 0 Å². The second kappa shape index (κ2) is 3.42. The van der Waals surface area contributed by atoms with Crippen LogP contribution in [0.2, 0.25) is 0 Å².